The van der Waals surface area contributed by atoms with Crippen molar-refractivity contribution in [3.05, 3.63) is 0 Å². The van der Waals surface area contributed by atoms with Gasteiger partial charge in [-0.1, -0.05) is 48.0 Å². The number of rotatable bonds is 6. The van der Waals surface area contributed by atoms with E-state index in [2.05, 4.69) is 0 Å². The molecule has 0 amide bonds. The van der Waals surface area contributed by atoms with Crippen LogP contribution in [-0.4, -0.2) is 39.4 Å². The topological polar surface area (TPSA) is 80.9 Å². The second-order valence-electron chi connectivity index (χ2n) is 6.02. The minimum absolute atomic E-state index is 0.0278. The summed E-state index contributed by atoms with van der Waals surface area (Å²) in [5.74, 6) is 0.238. The van der Waals surface area contributed by atoms with Gasteiger partial charge in [0, 0.05) is 11.3 Å². The Morgan fingerprint density at radius 2 is 1.44 bits per heavy atom. The largest absolute Gasteiger partial charge is 0.396 e. The van der Waals surface area contributed by atoms with Crippen molar-refractivity contribution in [2.45, 2.75) is 66.8 Å². The van der Waals surface area contributed by atoms with E-state index in [0.717, 1.165) is 12.8 Å². The average Bonchev–Trinajstić information content (AvgIpc) is 2.28. The maximum absolute atomic E-state index is 9.49. The van der Waals surface area contributed by atoms with E-state index in [1.54, 1.807) is 0 Å². The predicted molar refractivity (Wildman–Crippen MR) is 74.0 cm³/mol. The predicted octanol–water partition coefficient (Wildman–Crippen LogP) is 1.76. The fourth-order valence-corrected chi connectivity index (χ4v) is 1.60. The van der Waals surface area contributed by atoms with Gasteiger partial charge in [0.15, 0.2) is 6.29 Å². The normalized spacial score (nSPS) is 15.3. The first kappa shape index (κ1) is 20.2. The third kappa shape index (κ3) is 8.86. The summed E-state index contributed by atoms with van der Waals surface area (Å²) in [6.07, 6.45) is 0.351. The third-order valence-electron chi connectivity index (χ3n) is 3.09. The van der Waals surface area contributed by atoms with Gasteiger partial charge in [0.2, 0.25) is 0 Å². The molecule has 0 heterocycles. The highest BCUT2D eigenvalue weighted by atomic mass is 16.5. The molecule has 0 aliphatic heterocycles. The molecule has 0 saturated carbocycles. The summed E-state index contributed by atoms with van der Waals surface area (Å²) in [5.41, 5.74) is -0.367. The SMILES string of the molecule is CC(C)C(O)C(C)(C)CO.CCCC(C)C(O)O. The van der Waals surface area contributed by atoms with Gasteiger partial charge in [0.1, 0.15) is 0 Å². The Hall–Kier alpha value is -0.160. The molecule has 0 aromatic heterocycles. The van der Waals surface area contributed by atoms with Crippen LogP contribution in [-0.2, 0) is 0 Å². The van der Waals surface area contributed by atoms with Gasteiger partial charge in [-0.05, 0) is 12.3 Å². The Labute approximate surface area is 112 Å². The molecule has 0 aromatic rings. The lowest BCUT2D eigenvalue weighted by atomic mass is 9.82. The van der Waals surface area contributed by atoms with E-state index in [1.807, 2.05) is 41.5 Å². The summed E-state index contributed by atoms with van der Waals surface area (Å²) >= 11 is 0. The zero-order valence-corrected chi connectivity index (χ0v) is 12.7. The highest BCUT2D eigenvalue weighted by Crippen LogP contribution is 2.24. The van der Waals surface area contributed by atoms with E-state index in [0.29, 0.717) is 0 Å². The van der Waals surface area contributed by atoms with Gasteiger partial charge < -0.3 is 20.4 Å². The molecule has 0 rings (SSSR count). The van der Waals surface area contributed by atoms with E-state index in [4.69, 9.17) is 15.3 Å². The Balaban J connectivity index is 0. The number of hydrogen-bond acceptors (Lipinski definition) is 4. The second-order valence-corrected chi connectivity index (χ2v) is 6.02. The molecule has 0 fully saturated rings. The second kappa shape index (κ2) is 9.73. The van der Waals surface area contributed by atoms with Gasteiger partial charge in [-0.2, -0.15) is 0 Å². The van der Waals surface area contributed by atoms with Gasteiger partial charge >= 0.3 is 0 Å². The van der Waals surface area contributed by atoms with E-state index < -0.39 is 12.4 Å². The maximum Gasteiger partial charge on any atom is 0.154 e. The zero-order chi connectivity index (χ0) is 14.9. The lowest BCUT2D eigenvalue weighted by Crippen LogP contribution is -2.36. The molecular weight excluding hydrogens is 232 g/mol. The molecule has 0 radical (unpaired) electrons. The van der Waals surface area contributed by atoms with Crippen LogP contribution in [0.2, 0.25) is 0 Å². The highest BCUT2D eigenvalue weighted by Gasteiger charge is 2.28. The van der Waals surface area contributed by atoms with Gasteiger partial charge in [-0.15, -0.1) is 0 Å². The van der Waals surface area contributed by atoms with E-state index in [1.165, 1.54) is 0 Å². The quantitative estimate of drug-likeness (QED) is 0.551. The zero-order valence-electron chi connectivity index (χ0n) is 12.7. The number of aliphatic hydroxyl groups excluding tert-OH is 3. The molecule has 112 valence electrons. The van der Waals surface area contributed by atoms with Crippen LogP contribution in [0.3, 0.4) is 0 Å². The lowest BCUT2D eigenvalue weighted by molar-refractivity contribution is -0.0804. The van der Waals surface area contributed by atoms with Crippen LogP contribution < -0.4 is 0 Å². The smallest absolute Gasteiger partial charge is 0.154 e. The molecule has 18 heavy (non-hydrogen) atoms. The van der Waals surface area contributed by atoms with Crippen LogP contribution in [0, 0.1) is 17.3 Å². The van der Waals surface area contributed by atoms with Crippen LogP contribution >= 0.6 is 0 Å². The van der Waals surface area contributed by atoms with E-state index in [9.17, 15) is 5.11 Å². The molecule has 4 heteroatoms. The lowest BCUT2D eigenvalue weighted by Gasteiger charge is -2.30. The molecule has 0 saturated heterocycles. The first-order chi connectivity index (χ1) is 8.10. The summed E-state index contributed by atoms with van der Waals surface area (Å²) in [6, 6.07) is 0. The van der Waals surface area contributed by atoms with Crippen molar-refractivity contribution in [3.8, 4) is 0 Å². The molecule has 4 nitrogen and oxygen atoms in total. The van der Waals surface area contributed by atoms with Crippen molar-refractivity contribution in [1.82, 2.24) is 0 Å². The standard InChI is InChI=1S/C8H18O2.C6H14O2/c1-6(2)7(10)8(3,4)5-9;1-3-4-5(2)6(7)8/h6-7,9-10H,5H2,1-4H3;5-8H,3-4H2,1-2H3. The molecular formula is C14H32O4. The Kier molecular flexibility index (Phi) is 10.9. The average molecular weight is 264 g/mol. The van der Waals surface area contributed by atoms with Crippen LogP contribution in [0.15, 0.2) is 0 Å². The van der Waals surface area contributed by atoms with Crippen molar-refractivity contribution in [1.29, 1.82) is 0 Å². The summed E-state index contributed by atoms with van der Waals surface area (Å²) in [5, 5.41) is 35.4. The molecule has 0 bridgehead atoms. The maximum atomic E-state index is 9.49. The minimum Gasteiger partial charge on any atom is -0.396 e. The van der Waals surface area contributed by atoms with Crippen LogP contribution in [0.4, 0.5) is 0 Å². The minimum atomic E-state index is -1.13. The summed E-state index contributed by atoms with van der Waals surface area (Å²) < 4.78 is 0. The Morgan fingerprint density at radius 1 is 1.00 bits per heavy atom. The summed E-state index contributed by atoms with van der Waals surface area (Å²) in [6.45, 7) is 11.5. The van der Waals surface area contributed by atoms with Crippen LogP contribution in [0.5, 0.6) is 0 Å². The molecule has 0 aromatic carbocycles. The molecule has 2 unspecified atom stereocenters. The van der Waals surface area contributed by atoms with Gasteiger partial charge in [-0.25, -0.2) is 0 Å². The monoisotopic (exact) mass is 264 g/mol. The first-order valence-corrected chi connectivity index (χ1v) is 6.75. The molecule has 0 aliphatic carbocycles. The number of hydrogen-bond donors (Lipinski definition) is 4. The first-order valence-electron chi connectivity index (χ1n) is 6.75. The van der Waals surface area contributed by atoms with Crippen LogP contribution in [0.25, 0.3) is 0 Å². The van der Waals surface area contributed by atoms with Crippen molar-refractivity contribution in [3.63, 3.8) is 0 Å². The number of aliphatic hydroxyl groups is 4. The molecule has 4 N–H and O–H groups in total. The van der Waals surface area contributed by atoms with Crippen LogP contribution in [0.1, 0.15) is 54.4 Å². The van der Waals surface area contributed by atoms with Gasteiger partial charge in [0.25, 0.3) is 0 Å². The summed E-state index contributed by atoms with van der Waals surface area (Å²) in [7, 11) is 0. The fourth-order valence-electron chi connectivity index (χ4n) is 1.60. The molecule has 2 atom stereocenters. The molecule has 0 spiro atoms. The van der Waals surface area contributed by atoms with Crippen molar-refractivity contribution in [2.75, 3.05) is 6.61 Å². The molecule has 0 aliphatic rings. The van der Waals surface area contributed by atoms with Crippen molar-refractivity contribution in [2.24, 2.45) is 17.3 Å². The van der Waals surface area contributed by atoms with Gasteiger partial charge in [-0.3, -0.25) is 0 Å². The third-order valence-corrected chi connectivity index (χ3v) is 3.09. The Morgan fingerprint density at radius 3 is 1.56 bits per heavy atom. The highest BCUT2D eigenvalue weighted by molar-refractivity contribution is 4.78. The van der Waals surface area contributed by atoms with E-state index in [-0.39, 0.29) is 23.9 Å². The summed E-state index contributed by atoms with van der Waals surface area (Å²) in [4.78, 5) is 0. The Bertz CT molecular complexity index is 190. The van der Waals surface area contributed by atoms with Gasteiger partial charge in [0.05, 0.1) is 12.7 Å². The fraction of sp³-hybridized carbons (Fsp3) is 1.00. The van der Waals surface area contributed by atoms with E-state index >= 15 is 0 Å². The van der Waals surface area contributed by atoms with Crippen molar-refractivity contribution < 1.29 is 20.4 Å². The van der Waals surface area contributed by atoms with Crippen molar-refractivity contribution >= 4 is 0 Å².